The molecule has 0 saturated heterocycles. The van der Waals surface area contributed by atoms with Gasteiger partial charge in [-0.25, -0.2) is 9.67 Å². The maximum absolute atomic E-state index is 6.10. The predicted octanol–water partition coefficient (Wildman–Crippen LogP) is 3.10. The molecule has 0 aliphatic heterocycles. The molecule has 5 nitrogen and oxygen atoms in total. The third-order valence-electron chi connectivity index (χ3n) is 3.11. The van der Waals surface area contributed by atoms with Crippen LogP contribution in [0.2, 0.25) is 5.02 Å². The Morgan fingerprint density at radius 3 is 2.76 bits per heavy atom. The molecule has 1 heterocycles. The summed E-state index contributed by atoms with van der Waals surface area (Å²) in [6.45, 7) is 5.14. The van der Waals surface area contributed by atoms with Crippen molar-refractivity contribution in [2.45, 2.75) is 32.9 Å². The average Bonchev–Trinajstić information content (AvgIpc) is 2.81. The van der Waals surface area contributed by atoms with Gasteiger partial charge < -0.3 is 0 Å². The second kappa shape index (κ2) is 7.35. The van der Waals surface area contributed by atoms with Gasteiger partial charge in [-0.3, -0.25) is 11.3 Å². The second-order valence-corrected chi connectivity index (χ2v) is 6.73. The summed E-state index contributed by atoms with van der Waals surface area (Å²) in [5.41, 5.74) is 3.84. The Balaban J connectivity index is 2.21. The number of hydrogen-bond acceptors (Lipinski definition) is 4. The summed E-state index contributed by atoms with van der Waals surface area (Å²) in [7, 11) is 0. The topological polar surface area (TPSA) is 68.8 Å². The number of hydrogen-bond donors (Lipinski definition) is 2. The third-order valence-corrected chi connectivity index (χ3v) is 3.79. The normalized spacial score (nSPS) is 12.9. The standard InChI is InChI=1S/C14H19BrClN5/c1-9(2)7-21-14(18-8-19-21)6-13(20-17)10-3-11(15)5-12(16)4-10/h3-5,8-9,13,20H,6-7,17H2,1-2H3. The zero-order valence-corrected chi connectivity index (χ0v) is 14.4. The van der Waals surface area contributed by atoms with Gasteiger partial charge in [0.15, 0.2) is 0 Å². The summed E-state index contributed by atoms with van der Waals surface area (Å²) in [5.74, 6) is 7.12. The van der Waals surface area contributed by atoms with Crippen molar-refractivity contribution < 1.29 is 0 Å². The first kappa shape index (κ1) is 16.4. The highest BCUT2D eigenvalue weighted by molar-refractivity contribution is 9.10. The summed E-state index contributed by atoms with van der Waals surface area (Å²) in [6, 6.07) is 5.68. The largest absolute Gasteiger partial charge is 0.271 e. The predicted molar refractivity (Wildman–Crippen MR) is 87.8 cm³/mol. The fraction of sp³-hybridized carbons (Fsp3) is 0.429. The number of nitrogens with two attached hydrogens (primary N) is 1. The van der Waals surface area contributed by atoms with Gasteiger partial charge in [0, 0.05) is 22.5 Å². The fourth-order valence-electron chi connectivity index (χ4n) is 2.18. The van der Waals surface area contributed by atoms with Crippen molar-refractivity contribution in [1.29, 1.82) is 0 Å². The Bertz CT molecular complexity index is 579. The van der Waals surface area contributed by atoms with Crippen LogP contribution in [0.3, 0.4) is 0 Å². The lowest BCUT2D eigenvalue weighted by Crippen LogP contribution is -2.30. The molecule has 7 heteroatoms. The van der Waals surface area contributed by atoms with Crippen LogP contribution in [0.25, 0.3) is 0 Å². The van der Waals surface area contributed by atoms with E-state index < -0.39 is 0 Å². The van der Waals surface area contributed by atoms with Crippen LogP contribution >= 0.6 is 27.5 Å². The van der Waals surface area contributed by atoms with Gasteiger partial charge in [-0.05, 0) is 29.7 Å². The van der Waals surface area contributed by atoms with Gasteiger partial charge in [0.25, 0.3) is 0 Å². The summed E-state index contributed by atoms with van der Waals surface area (Å²) in [4.78, 5) is 4.34. The molecule has 0 aliphatic carbocycles. The van der Waals surface area contributed by atoms with Gasteiger partial charge in [0.2, 0.25) is 0 Å². The van der Waals surface area contributed by atoms with Gasteiger partial charge >= 0.3 is 0 Å². The highest BCUT2D eigenvalue weighted by Crippen LogP contribution is 2.25. The van der Waals surface area contributed by atoms with E-state index in [2.05, 4.69) is 45.3 Å². The zero-order chi connectivity index (χ0) is 15.4. The molecule has 0 saturated carbocycles. The van der Waals surface area contributed by atoms with Crippen molar-refractivity contribution >= 4 is 27.5 Å². The molecule has 2 aromatic rings. The molecule has 1 aromatic carbocycles. The first-order valence-corrected chi connectivity index (χ1v) is 7.95. The first-order chi connectivity index (χ1) is 9.99. The molecule has 0 spiro atoms. The molecule has 0 amide bonds. The molecule has 0 fully saturated rings. The Kier molecular flexibility index (Phi) is 5.75. The van der Waals surface area contributed by atoms with E-state index in [-0.39, 0.29) is 6.04 Å². The highest BCUT2D eigenvalue weighted by Gasteiger charge is 2.16. The second-order valence-electron chi connectivity index (χ2n) is 5.38. The summed E-state index contributed by atoms with van der Waals surface area (Å²) in [6.07, 6.45) is 2.23. The molecule has 3 N–H and O–H groups in total. The molecule has 1 aromatic heterocycles. The summed E-state index contributed by atoms with van der Waals surface area (Å²) < 4.78 is 2.85. The van der Waals surface area contributed by atoms with Crippen molar-refractivity contribution in [1.82, 2.24) is 20.2 Å². The molecule has 2 rings (SSSR count). The van der Waals surface area contributed by atoms with Gasteiger partial charge in [-0.15, -0.1) is 0 Å². The number of rotatable bonds is 6. The van der Waals surface area contributed by atoms with E-state index in [1.54, 1.807) is 6.33 Å². The van der Waals surface area contributed by atoms with E-state index in [4.69, 9.17) is 17.4 Å². The lowest BCUT2D eigenvalue weighted by atomic mass is 10.0. The van der Waals surface area contributed by atoms with Crippen LogP contribution in [-0.4, -0.2) is 14.8 Å². The van der Waals surface area contributed by atoms with Crippen LogP contribution in [0.15, 0.2) is 29.0 Å². The fourth-order valence-corrected chi connectivity index (χ4v) is 3.06. The number of nitrogens with one attached hydrogen (secondary N) is 1. The minimum Gasteiger partial charge on any atom is -0.271 e. The Hall–Kier alpha value is -0.950. The van der Waals surface area contributed by atoms with Crippen molar-refractivity contribution in [2.24, 2.45) is 11.8 Å². The number of benzene rings is 1. The average molecular weight is 373 g/mol. The van der Waals surface area contributed by atoms with Gasteiger partial charge in [-0.2, -0.15) is 5.10 Å². The van der Waals surface area contributed by atoms with Crippen LogP contribution in [0.1, 0.15) is 31.3 Å². The molecule has 114 valence electrons. The Morgan fingerprint density at radius 2 is 2.14 bits per heavy atom. The summed E-state index contributed by atoms with van der Waals surface area (Å²) >= 11 is 9.55. The van der Waals surface area contributed by atoms with Crippen LogP contribution in [-0.2, 0) is 13.0 Å². The molecule has 0 bridgehead atoms. The van der Waals surface area contributed by atoms with E-state index in [0.29, 0.717) is 17.4 Å². The van der Waals surface area contributed by atoms with Gasteiger partial charge in [0.05, 0.1) is 6.04 Å². The van der Waals surface area contributed by atoms with Crippen molar-refractivity contribution in [3.05, 3.63) is 45.4 Å². The van der Waals surface area contributed by atoms with Crippen molar-refractivity contribution in [3.8, 4) is 0 Å². The van der Waals surface area contributed by atoms with Crippen LogP contribution in [0.4, 0.5) is 0 Å². The third kappa shape index (κ3) is 4.51. The molecular formula is C14H19BrClN5. The van der Waals surface area contributed by atoms with Crippen LogP contribution in [0.5, 0.6) is 0 Å². The minimum atomic E-state index is -0.0740. The monoisotopic (exact) mass is 371 g/mol. The van der Waals surface area contributed by atoms with Crippen molar-refractivity contribution in [2.75, 3.05) is 0 Å². The molecule has 21 heavy (non-hydrogen) atoms. The SMILES string of the molecule is CC(C)Cn1ncnc1CC(NN)c1cc(Cl)cc(Br)c1. The van der Waals surface area contributed by atoms with Gasteiger partial charge in [0.1, 0.15) is 12.2 Å². The number of nitrogens with zero attached hydrogens (tertiary/aromatic N) is 3. The number of hydrazine groups is 1. The minimum absolute atomic E-state index is 0.0740. The lowest BCUT2D eigenvalue weighted by Gasteiger charge is -2.17. The molecule has 1 unspecified atom stereocenters. The summed E-state index contributed by atoms with van der Waals surface area (Å²) in [5, 5.41) is 4.94. The Labute approximate surface area is 138 Å². The maximum Gasteiger partial charge on any atom is 0.138 e. The number of aromatic nitrogens is 3. The first-order valence-electron chi connectivity index (χ1n) is 6.78. The van der Waals surface area contributed by atoms with E-state index in [1.165, 1.54) is 0 Å². The van der Waals surface area contributed by atoms with E-state index in [0.717, 1.165) is 22.4 Å². The van der Waals surface area contributed by atoms with Crippen LogP contribution in [0, 0.1) is 5.92 Å². The molecular weight excluding hydrogens is 354 g/mol. The molecule has 1 atom stereocenters. The van der Waals surface area contributed by atoms with Gasteiger partial charge in [-0.1, -0.05) is 41.4 Å². The molecule has 0 radical (unpaired) electrons. The quantitative estimate of drug-likeness (QED) is 0.604. The smallest absolute Gasteiger partial charge is 0.138 e. The molecule has 0 aliphatic rings. The van der Waals surface area contributed by atoms with E-state index >= 15 is 0 Å². The number of halogens is 2. The van der Waals surface area contributed by atoms with Crippen molar-refractivity contribution in [3.63, 3.8) is 0 Å². The van der Waals surface area contributed by atoms with E-state index in [9.17, 15) is 0 Å². The lowest BCUT2D eigenvalue weighted by molar-refractivity contribution is 0.446. The van der Waals surface area contributed by atoms with E-state index in [1.807, 2.05) is 22.9 Å². The van der Waals surface area contributed by atoms with Crippen LogP contribution < -0.4 is 11.3 Å². The Morgan fingerprint density at radius 1 is 1.38 bits per heavy atom. The highest BCUT2D eigenvalue weighted by atomic mass is 79.9. The zero-order valence-electron chi connectivity index (χ0n) is 12.1. The maximum atomic E-state index is 6.10.